The van der Waals surface area contributed by atoms with Crippen molar-refractivity contribution in [3.05, 3.63) is 36.5 Å². The van der Waals surface area contributed by atoms with Gasteiger partial charge in [0.2, 0.25) is 6.08 Å². The summed E-state index contributed by atoms with van der Waals surface area (Å²) in [5.41, 5.74) is 0.849. The average Bonchev–Trinajstić information content (AvgIpc) is 2.80. The second-order valence-electron chi connectivity index (χ2n) is 2.77. The fourth-order valence-corrected chi connectivity index (χ4v) is 1.10. The fourth-order valence-electron chi connectivity index (χ4n) is 1.10. The van der Waals surface area contributed by atoms with Crippen molar-refractivity contribution in [3.63, 3.8) is 0 Å². The predicted octanol–water partition coefficient (Wildman–Crippen LogP) is 0.498. The van der Waals surface area contributed by atoms with Crippen molar-refractivity contribution in [3.8, 4) is 5.82 Å². The predicted molar refractivity (Wildman–Crippen MR) is 51.0 cm³/mol. The third-order valence-electron chi connectivity index (χ3n) is 1.79. The Labute approximate surface area is 85.3 Å². The normalized spacial score (nSPS) is 9.60. The molecule has 0 saturated carbocycles. The molecule has 0 radical (unpaired) electrons. The zero-order chi connectivity index (χ0) is 10.5. The van der Waals surface area contributed by atoms with Gasteiger partial charge in [0.25, 0.3) is 0 Å². The third-order valence-corrected chi connectivity index (χ3v) is 1.79. The van der Waals surface area contributed by atoms with Crippen LogP contribution in [0.3, 0.4) is 0 Å². The van der Waals surface area contributed by atoms with Crippen LogP contribution in [-0.4, -0.2) is 25.8 Å². The summed E-state index contributed by atoms with van der Waals surface area (Å²) in [5, 5.41) is 3.94. The number of pyridine rings is 1. The summed E-state index contributed by atoms with van der Waals surface area (Å²) in [6.07, 6.45) is 6.11. The monoisotopic (exact) mass is 201 g/mol. The van der Waals surface area contributed by atoms with E-state index >= 15 is 0 Å². The lowest BCUT2D eigenvalue weighted by Gasteiger charge is -1.99. The van der Waals surface area contributed by atoms with E-state index in [0.29, 0.717) is 12.4 Å². The first kappa shape index (κ1) is 9.23. The molecule has 74 valence electrons. The van der Waals surface area contributed by atoms with Gasteiger partial charge in [0.1, 0.15) is 12.7 Å². The zero-order valence-corrected chi connectivity index (χ0v) is 7.74. The van der Waals surface area contributed by atoms with Crippen LogP contribution in [0.4, 0.5) is 0 Å². The molecule has 0 spiro atoms. The summed E-state index contributed by atoms with van der Waals surface area (Å²) in [6.45, 7) is 0.300. The summed E-state index contributed by atoms with van der Waals surface area (Å²) < 4.78 is 1.55. The van der Waals surface area contributed by atoms with Crippen molar-refractivity contribution in [2.24, 2.45) is 4.99 Å². The van der Waals surface area contributed by atoms with Crippen molar-refractivity contribution in [1.29, 1.82) is 0 Å². The number of nitrogens with zero attached hydrogens (tertiary/aromatic N) is 5. The molecule has 0 bridgehead atoms. The smallest absolute Gasteiger partial charge is 0.235 e. The Morgan fingerprint density at radius 1 is 1.47 bits per heavy atom. The molecule has 0 aromatic carbocycles. The SMILES string of the molecule is O=C=NCc1ccc(-n2cncn2)nc1. The lowest BCUT2D eigenvalue weighted by atomic mass is 10.3. The van der Waals surface area contributed by atoms with E-state index in [1.54, 1.807) is 23.3 Å². The van der Waals surface area contributed by atoms with Crippen molar-refractivity contribution in [2.75, 3.05) is 0 Å². The van der Waals surface area contributed by atoms with E-state index in [1.807, 2.05) is 6.07 Å². The minimum atomic E-state index is 0.300. The second kappa shape index (κ2) is 4.26. The Morgan fingerprint density at radius 2 is 2.40 bits per heavy atom. The van der Waals surface area contributed by atoms with E-state index in [9.17, 15) is 4.79 Å². The number of aromatic nitrogens is 4. The number of rotatable bonds is 3. The van der Waals surface area contributed by atoms with Crippen molar-refractivity contribution in [1.82, 2.24) is 19.7 Å². The van der Waals surface area contributed by atoms with Crippen LogP contribution in [0, 0.1) is 0 Å². The van der Waals surface area contributed by atoms with Crippen LogP contribution in [0.5, 0.6) is 0 Å². The first-order valence-electron chi connectivity index (χ1n) is 4.24. The van der Waals surface area contributed by atoms with E-state index < -0.39 is 0 Å². The molecule has 0 atom stereocenters. The third kappa shape index (κ3) is 2.12. The minimum Gasteiger partial charge on any atom is -0.237 e. The van der Waals surface area contributed by atoms with Crippen LogP contribution in [0.25, 0.3) is 5.82 Å². The Balaban J connectivity index is 2.21. The van der Waals surface area contributed by atoms with Crippen LogP contribution in [-0.2, 0) is 11.3 Å². The van der Waals surface area contributed by atoms with Gasteiger partial charge in [0.15, 0.2) is 5.82 Å². The molecule has 0 unspecified atom stereocenters. The highest BCUT2D eigenvalue weighted by atomic mass is 16.1. The van der Waals surface area contributed by atoms with E-state index in [0.717, 1.165) is 5.56 Å². The summed E-state index contributed by atoms with van der Waals surface area (Å²) in [4.78, 5) is 21.3. The van der Waals surface area contributed by atoms with Crippen molar-refractivity contribution >= 4 is 6.08 Å². The zero-order valence-electron chi connectivity index (χ0n) is 7.74. The van der Waals surface area contributed by atoms with Gasteiger partial charge in [0, 0.05) is 6.20 Å². The van der Waals surface area contributed by atoms with Gasteiger partial charge >= 0.3 is 0 Å². The van der Waals surface area contributed by atoms with Gasteiger partial charge in [-0.25, -0.2) is 24.4 Å². The van der Waals surface area contributed by atoms with Gasteiger partial charge in [0.05, 0.1) is 6.54 Å². The Hall–Kier alpha value is -2.33. The molecule has 0 aliphatic rings. The number of carbonyl (C=O) groups excluding carboxylic acids is 1. The molecule has 2 heterocycles. The molecule has 6 heteroatoms. The maximum Gasteiger partial charge on any atom is 0.235 e. The number of hydrogen-bond acceptors (Lipinski definition) is 5. The summed E-state index contributed by atoms with van der Waals surface area (Å²) >= 11 is 0. The average molecular weight is 201 g/mol. The lowest BCUT2D eigenvalue weighted by Crippen LogP contribution is -1.97. The lowest BCUT2D eigenvalue weighted by molar-refractivity contribution is 0.562. The molecule has 0 saturated heterocycles. The van der Waals surface area contributed by atoms with Crippen molar-refractivity contribution in [2.45, 2.75) is 6.54 Å². The van der Waals surface area contributed by atoms with Crippen LogP contribution < -0.4 is 0 Å². The molecule has 0 N–H and O–H groups in total. The Bertz CT molecular complexity index is 470. The van der Waals surface area contributed by atoms with Crippen LogP contribution in [0.1, 0.15) is 5.56 Å². The highest BCUT2D eigenvalue weighted by Crippen LogP contribution is 2.04. The highest BCUT2D eigenvalue weighted by molar-refractivity contribution is 5.33. The molecule has 0 aliphatic heterocycles. The maximum atomic E-state index is 9.90. The molecule has 0 fully saturated rings. The fraction of sp³-hybridized carbons (Fsp3) is 0.111. The molecule has 6 nitrogen and oxygen atoms in total. The Morgan fingerprint density at radius 3 is 3.00 bits per heavy atom. The second-order valence-corrected chi connectivity index (χ2v) is 2.77. The molecule has 2 aromatic rings. The first-order valence-corrected chi connectivity index (χ1v) is 4.24. The van der Waals surface area contributed by atoms with Gasteiger partial charge in [-0.2, -0.15) is 5.10 Å². The molecular formula is C9H7N5O. The van der Waals surface area contributed by atoms with Gasteiger partial charge in [-0.1, -0.05) is 6.07 Å². The summed E-state index contributed by atoms with van der Waals surface area (Å²) in [7, 11) is 0. The standard InChI is InChI=1S/C9H7N5O/c15-7-10-3-8-1-2-9(12-4-8)14-6-11-5-13-14/h1-2,4-6H,3H2. The van der Waals surface area contributed by atoms with Crippen LogP contribution in [0.2, 0.25) is 0 Å². The number of hydrogen-bond donors (Lipinski definition) is 0. The van der Waals surface area contributed by atoms with E-state index in [1.165, 1.54) is 12.4 Å². The maximum absolute atomic E-state index is 9.90. The molecule has 0 amide bonds. The van der Waals surface area contributed by atoms with Crippen molar-refractivity contribution < 1.29 is 4.79 Å². The van der Waals surface area contributed by atoms with Crippen LogP contribution >= 0.6 is 0 Å². The molecule has 15 heavy (non-hydrogen) atoms. The van der Waals surface area contributed by atoms with E-state index in [-0.39, 0.29) is 0 Å². The molecule has 2 aromatic heterocycles. The van der Waals surface area contributed by atoms with Gasteiger partial charge in [-0.3, -0.25) is 0 Å². The summed E-state index contributed by atoms with van der Waals surface area (Å²) in [5.74, 6) is 0.673. The largest absolute Gasteiger partial charge is 0.237 e. The van der Waals surface area contributed by atoms with Gasteiger partial charge < -0.3 is 0 Å². The molecular weight excluding hydrogens is 194 g/mol. The molecule has 0 aliphatic carbocycles. The number of isocyanates is 1. The quantitative estimate of drug-likeness (QED) is 0.535. The number of aliphatic imine (C=N–C) groups is 1. The van der Waals surface area contributed by atoms with E-state index in [2.05, 4.69) is 20.1 Å². The topological polar surface area (TPSA) is 73.0 Å². The highest BCUT2D eigenvalue weighted by Gasteiger charge is 1.98. The Kier molecular flexibility index (Phi) is 2.62. The van der Waals surface area contributed by atoms with E-state index in [4.69, 9.17) is 0 Å². The molecule has 2 rings (SSSR count). The summed E-state index contributed by atoms with van der Waals surface area (Å²) in [6, 6.07) is 3.61. The minimum absolute atomic E-state index is 0.300. The van der Waals surface area contributed by atoms with Crippen LogP contribution in [0.15, 0.2) is 36.0 Å². The first-order chi connectivity index (χ1) is 7.40. The van der Waals surface area contributed by atoms with Gasteiger partial charge in [-0.05, 0) is 11.6 Å². The van der Waals surface area contributed by atoms with Gasteiger partial charge in [-0.15, -0.1) is 0 Å².